The number of carbonyl (C=O) groups excluding carboxylic acids is 1. The lowest BCUT2D eigenvalue weighted by atomic mass is 9.96. The summed E-state index contributed by atoms with van der Waals surface area (Å²) in [6, 6.07) is 9.18. The molecule has 1 amide bonds. The maximum atomic E-state index is 11.3. The highest BCUT2D eigenvalue weighted by molar-refractivity contribution is 6.01. The number of fused-ring (bicyclic) bond motifs is 3. The zero-order valence-corrected chi connectivity index (χ0v) is 8.66. The van der Waals surface area contributed by atoms with Crippen molar-refractivity contribution in [2.24, 2.45) is 0 Å². The first kappa shape index (κ1) is 9.21. The summed E-state index contributed by atoms with van der Waals surface area (Å²) < 4.78 is 0. The number of benzene rings is 2. The van der Waals surface area contributed by atoms with Crippen molar-refractivity contribution in [3.8, 4) is 5.75 Å². The van der Waals surface area contributed by atoms with Crippen LogP contribution in [0.5, 0.6) is 5.75 Å². The van der Waals surface area contributed by atoms with Crippen molar-refractivity contribution >= 4 is 22.4 Å². The number of aryl methyl sites for hydroxylation is 1. The Morgan fingerprint density at radius 2 is 1.94 bits per heavy atom. The standard InChI is InChI=1S/C13H11NO2/c15-12-3-1-2-8-9-5-7-13(16)14-11(9)6-4-10(8)12/h1-4,6,15H,5,7H2,(H,14,16). The fraction of sp³-hybridized carbons (Fsp3) is 0.154. The quantitative estimate of drug-likeness (QED) is 0.706. The molecule has 0 spiro atoms. The lowest BCUT2D eigenvalue weighted by Gasteiger charge is -2.18. The van der Waals surface area contributed by atoms with Gasteiger partial charge in [-0.3, -0.25) is 4.79 Å². The largest absolute Gasteiger partial charge is 0.507 e. The maximum absolute atomic E-state index is 11.3. The van der Waals surface area contributed by atoms with Crippen LogP contribution in [-0.4, -0.2) is 11.0 Å². The molecule has 0 saturated heterocycles. The lowest BCUT2D eigenvalue weighted by Crippen LogP contribution is -2.18. The Kier molecular flexibility index (Phi) is 1.86. The number of aromatic hydroxyl groups is 1. The highest BCUT2D eigenvalue weighted by atomic mass is 16.3. The van der Waals surface area contributed by atoms with Crippen molar-refractivity contribution in [3.63, 3.8) is 0 Å². The third kappa shape index (κ3) is 1.25. The van der Waals surface area contributed by atoms with Crippen LogP contribution in [0.25, 0.3) is 10.8 Å². The normalized spacial score (nSPS) is 14.6. The summed E-state index contributed by atoms with van der Waals surface area (Å²) in [6.07, 6.45) is 1.25. The second kappa shape index (κ2) is 3.23. The number of phenolic OH excluding ortho intramolecular Hbond substituents is 1. The summed E-state index contributed by atoms with van der Waals surface area (Å²) >= 11 is 0. The minimum atomic E-state index is 0.0620. The zero-order chi connectivity index (χ0) is 11.1. The van der Waals surface area contributed by atoms with E-state index >= 15 is 0 Å². The van der Waals surface area contributed by atoms with Crippen molar-refractivity contribution in [3.05, 3.63) is 35.9 Å². The Hall–Kier alpha value is -2.03. The van der Waals surface area contributed by atoms with Crippen LogP contribution in [0.1, 0.15) is 12.0 Å². The smallest absolute Gasteiger partial charge is 0.224 e. The second-order valence-electron chi connectivity index (χ2n) is 4.01. The first-order chi connectivity index (χ1) is 7.75. The van der Waals surface area contributed by atoms with Gasteiger partial charge in [0, 0.05) is 17.5 Å². The van der Waals surface area contributed by atoms with Gasteiger partial charge in [-0.2, -0.15) is 0 Å². The third-order valence-corrected chi connectivity index (χ3v) is 3.03. The molecule has 1 aliphatic heterocycles. The Morgan fingerprint density at radius 3 is 2.81 bits per heavy atom. The van der Waals surface area contributed by atoms with E-state index < -0.39 is 0 Å². The molecule has 2 N–H and O–H groups in total. The predicted octanol–water partition coefficient (Wildman–Crippen LogP) is 2.43. The number of hydrogen-bond donors (Lipinski definition) is 2. The van der Waals surface area contributed by atoms with Gasteiger partial charge in [0.05, 0.1) is 0 Å². The first-order valence-electron chi connectivity index (χ1n) is 5.29. The first-order valence-corrected chi connectivity index (χ1v) is 5.29. The van der Waals surface area contributed by atoms with Crippen LogP contribution in [0, 0.1) is 0 Å². The van der Waals surface area contributed by atoms with Crippen molar-refractivity contribution in [1.29, 1.82) is 0 Å². The molecule has 2 aromatic rings. The van der Waals surface area contributed by atoms with Gasteiger partial charge in [0.25, 0.3) is 0 Å². The topological polar surface area (TPSA) is 49.3 Å². The van der Waals surface area contributed by atoms with Gasteiger partial charge in [0.1, 0.15) is 5.75 Å². The Bertz CT molecular complexity index is 590. The highest BCUT2D eigenvalue weighted by Gasteiger charge is 2.17. The summed E-state index contributed by atoms with van der Waals surface area (Å²) in [5, 5.41) is 14.5. The van der Waals surface area contributed by atoms with Gasteiger partial charge in [-0.15, -0.1) is 0 Å². The fourth-order valence-electron chi connectivity index (χ4n) is 2.24. The monoisotopic (exact) mass is 213 g/mol. The molecule has 3 nitrogen and oxygen atoms in total. The van der Waals surface area contributed by atoms with E-state index in [-0.39, 0.29) is 11.7 Å². The van der Waals surface area contributed by atoms with Crippen molar-refractivity contribution < 1.29 is 9.90 Å². The number of amides is 1. The molecule has 1 aliphatic rings. The molecule has 16 heavy (non-hydrogen) atoms. The predicted molar refractivity (Wildman–Crippen MR) is 62.6 cm³/mol. The lowest BCUT2D eigenvalue weighted by molar-refractivity contribution is -0.116. The van der Waals surface area contributed by atoms with Crippen LogP contribution in [0.4, 0.5) is 5.69 Å². The summed E-state index contributed by atoms with van der Waals surface area (Å²) in [5.74, 6) is 0.351. The van der Waals surface area contributed by atoms with Crippen LogP contribution < -0.4 is 5.32 Å². The van der Waals surface area contributed by atoms with Crippen LogP contribution in [-0.2, 0) is 11.2 Å². The van der Waals surface area contributed by atoms with E-state index in [2.05, 4.69) is 5.32 Å². The molecule has 1 heterocycles. The van der Waals surface area contributed by atoms with Crippen LogP contribution in [0.2, 0.25) is 0 Å². The van der Waals surface area contributed by atoms with E-state index in [4.69, 9.17) is 0 Å². The van der Waals surface area contributed by atoms with E-state index in [0.29, 0.717) is 6.42 Å². The van der Waals surface area contributed by atoms with Crippen LogP contribution in [0.3, 0.4) is 0 Å². The molecule has 0 radical (unpaired) electrons. The minimum absolute atomic E-state index is 0.0620. The van der Waals surface area contributed by atoms with Gasteiger partial charge in [-0.05, 0) is 35.6 Å². The highest BCUT2D eigenvalue weighted by Crippen LogP contribution is 2.34. The summed E-state index contributed by atoms with van der Waals surface area (Å²) in [5.41, 5.74) is 1.99. The van der Waals surface area contributed by atoms with E-state index in [9.17, 15) is 9.90 Å². The SMILES string of the molecule is O=C1CCc2c(ccc3c(O)cccc23)N1. The average Bonchev–Trinajstić information content (AvgIpc) is 2.28. The van der Waals surface area contributed by atoms with Crippen LogP contribution >= 0.6 is 0 Å². The van der Waals surface area contributed by atoms with Crippen molar-refractivity contribution in [2.45, 2.75) is 12.8 Å². The van der Waals surface area contributed by atoms with Gasteiger partial charge >= 0.3 is 0 Å². The second-order valence-corrected chi connectivity index (χ2v) is 4.01. The molecule has 0 atom stereocenters. The van der Waals surface area contributed by atoms with Crippen molar-refractivity contribution in [1.82, 2.24) is 0 Å². The molecular formula is C13H11NO2. The van der Waals surface area contributed by atoms with Gasteiger partial charge in [-0.25, -0.2) is 0 Å². The molecule has 0 saturated carbocycles. The maximum Gasteiger partial charge on any atom is 0.224 e. The molecular weight excluding hydrogens is 202 g/mol. The Labute approximate surface area is 92.7 Å². The van der Waals surface area contributed by atoms with Gasteiger partial charge in [0.2, 0.25) is 5.91 Å². The molecule has 0 fully saturated rings. The molecule has 3 heteroatoms. The summed E-state index contributed by atoms with van der Waals surface area (Å²) in [6.45, 7) is 0. The van der Waals surface area contributed by atoms with E-state index in [1.807, 2.05) is 24.3 Å². The number of nitrogens with one attached hydrogen (secondary N) is 1. The van der Waals surface area contributed by atoms with Gasteiger partial charge in [0.15, 0.2) is 0 Å². The number of carbonyl (C=O) groups is 1. The molecule has 0 bridgehead atoms. The van der Waals surface area contributed by atoms with Gasteiger partial charge < -0.3 is 10.4 Å². The average molecular weight is 213 g/mol. The molecule has 80 valence electrons. The Balaban J connectivity index is 2.32. The number of rotatable bonds is 0. The van der Waals surface area contributed by atoms with E-state index in [1.54, 1.807) is 6.07 Å². The zero-order valence-electron chi connectivity index (χ0n) is 8.66. The molecule has 2 aromatic carbocycles. The van der Waals surface area contributed by atoms with Gasteiger partial charge in [-0.1, -0.05) is 12.1 Å². The number of anilines is 1. The molecule has 0 aliphatic carbocycles. The number of hydrogen-bond acceptors (Lipinski definition) is 2. The molecule has 3 rings (SSSR count). The minimum Gasteiger partial charge on any atom is -0.507 e. The fourth-order valence-corrected chi connectivity index (χ4v) is 2.24. The van der Waals surface area contributed by atoms with E-state index in [0.717, 1.165) is 28.4 Å². The number of phenols is 1. The summed E-state index contributed by atoms with van der Waals surface area (Å²) in [7, 11) is 0. The van der Waals surface area contributed by atoms with Crippen LogP contribution in [0.15, 0.2) is 30.3 Å². The Morgan fingerprint density at radius 1 is 1.06 bits per heavy atom. The van der Waals surface area contributed by atoms with E-state index in [1.165, 1.54) is 0 Å². The van der Waals surface area contributed by atoms with Crippen molar-refractivity contribution in [2.75, 3.05) is 5.32 Å². The third-order valence-electron chi connectivity index (χ3n) is 3.03. The molecule has 0 aromatic heterocycles. The molecule has 0 unspecified atom stereocenters. The summed E-state index contributed by atoms with van der Waals surface area (Å²) in [4.78, 5) is 11.3.